The maximum absolute atomic E-state index is 12.9. The average molecular weight is 327 g/mol. The first-order chi connectivity index (χ1) is 11.5. The van der Waals surface area contributed by atoms with Crippen LogP contribution in [0.4, 0.5) is 0 Å². The fourth-order valence-corrected chi connectivity index (χ4v) is 3.08. The van der Waals surface area contributed by atoms with Crippen molar-refractivity contribution in [3.8, 4) is 0 Å². The normalized spacial score (nSPS) is 16.8. The molecule has 0 fully saturated rings. The summed E-state index contributed by atoms with van der Waals surface area (Å²) >= 11 is 0. The van der Waals surface area contributed by atoms with E-state index in [1.807, 2.05) is 22.8 Å². The number of fused-ring (bicyclic) bond motifs is 1. The number of benzene rings is 1. The van der Waals surface area contributed by atoms with E-state index < -0.39 is 12.0 Å². The van der Waals surface area contributed by atoms with E-state index in [0.29, 0.717) is 18.5 Å². The highest BCUT2D eigenvalue weighted by atomic mass is 16.5. The Kier molecular flexibility index (Phi) is 4.38. The second-order valence-corrected chi connectivity index (χ2v) is 6.18. The van der Waals surface area contributed by atoms with E-state index in [0.717, 1.165) is 11.4 Å². The van der Waals surface area contributed by atoms with Gasteiger partial charge in [-0.2, -0.15) is 0 Å². The highest BCUT2D eigenvalue weighted by Gasteiger charge is 2.38. The number of hydrogen-bond donors (Lipinski definition) is 0. The first-order valence-corrected chi connectivity index (χ1v) is 8.01. The number of aromatic nitrogens is 2. The van der Waals surface area contributed by atoms with Gasteiger partial charge in [0.05, 0.1) is 31.4 Å². The van der Waals surface area contributed by atoms with E-state index in [1.165, 1.54) is 7.11 Å². The number of esters is 1. The predicted molar refractivity (Wildman–Crippen MR) is 88.4 cm³/mol. The van der Waals surface area contributed by atoms with Gasteiger partial charge in [-0.25, -0.2) is 9.78 Å². The van der Waals surface area contributed by atoms with Gasteiger partial charge < -0.3 is 14.2 Å². The lowest BCUT2D eigenvalue weighted by Crippen LogP contribution is -2.49. The van der Waals surface area contributed by atoms with Crippen molar-refractivity contribution in [3.05, 3.63) is 53.6 Å². The largest absolute Gasteiger partial charge is 0.467 e. The quantitative estimate of drug-likeness (QED) is 0.811. The molecule has 6 nitrogen and oxygen atoms in total. The van der Waals surface area contributed by atoms with Crippen LogP contribution in [-0.4, -0.2) is 39.5 Å². The van der Waals surface area contributed by atoms with Crippen LogP contribution < -0.4 is 0 Å². The topological polar surface area (TPSA) is 64.4 Å². The van der Waals surface area contributed by atoms with Crippen LogP contribution in [0.15, 0.2) is 36.7 Å². The third-order valence-electron chi connectivity index (χ3n) is 4.38. The predicted octanol–water partition coefficient (Wildman–Crippen LogP) is 2.20. The van der Waals surface area contributed by atoms with Crippen molar-refractivity contribution in [2.24, 2.45) is 0 Å². The molecular weight excluding hydrogens is 306 g/mol. The average Bonchev–Trinajstić information content (AvgIpc) is 3.03. The molecule has 1 aromatic heterocycles. The molecule has 0 spiro atoms. The fraction of sp³-hybridized carbons (Fsp3) is 0.389. The summed E-state index contributed by atoms with van der Waals surface area (Å²) in [4.78, 5) is 31.2. The fourth-order valence-electron chi connectivity index (χ4n) is 3.08. The zero-order valence-corrected chi connectivity index (χ0v) is 14.1. The summed E-state index contributed by atoms with van der Waals surface area (Å²) in [6.07, 6.45) is 2.15. The minimum atomic E-state index is -0.647. The smallest absolute Gasteiger partial charge is 0.329 e. The molecule has 126 valence electrons. The van der Waals surface area contributed by atoms with Crippen molar-refractivity contribution in [3.63, 3.8) is 0 Å². The van der Waals surface area contributed by atoms with Gasteiger partial charge in [0.25, 0.3) is 5.91 Å². The van der Waals surface area contributed by atoms with E-state index in [1.54, 1.807) is 23.4 Å². The summed E-state index contributed by atoms with van der Waals surface area (Å²) < 4.78 is 6.96. The summed E-state index contributed by atoms with van der Waals surface area (Å²) in [6, 6.07) is 8.59. The third-order valence-corrected chi connectivity index (χ3v) is 4.38. The molecule has 2 heterocycles. The van der Waals surface area contributed by atoms with Crippen LogP contribution in [-0.2, 0) is 22.5 Å². The molecule has 3 rings (SSSR count). The number of imidazole rings is 1. The lowest BCUT2D eigenvalue weighted by molar-refractivity contribution is -0.146. The standard InChI is InChI=1S/C18H21N3O3/c1-12(2)21-11-19-14-9-15(18(23)24-3)20(10-16(14)21)17(22)13-7-5-4-6-8-13/h4-8,11-12,15H,9-10H2,1-3H3. The maximum atomic E-state index is 12.9. The van der Waals surface area contributed by atoms with Crippen LogP contribution in [0.5, 0.6) is 0 Å². The van der Waals surface area contributed by atoms with Crippen molar-refractivity contribution in [2.45, 2.75) is 38.9 Å². The minimum absolute atomic E-state index is 0.173. The van der Waals surface area contributed by atoms with E-state index in [4.69, 9.17) is 4.74 Å². The Morgan fingerprint density at radius 1 is 1.25 bits per heavy atom. The Hall–Kier alpha value is -2.63. The molecule has 0 saturated heterocycles. The van der Waals surface area contributed by atoms with Gasteiger partial charge in [0.1, 0.15) is 6.04 Å². The first kappa shape index (κ1) is 16.2. The number of hydrogen-bond acceptors (Lipinski definition) is 4. The third kappa shape index (κ3) is 2.79. The number of carbonyl (C=O) groups excluding carboxylic acids is 2. The highest BCUT2D eigenvalue weighted by Crippen LogP contribution is 2.27. The van der Waals surface area contributed by atoms with Gasteiger partial charge in [-0.15, -0.1) is 0 Å². The molecule has 1 atom stereocenters. The summed E-state index contributed by atoms with van der Waals surface area (Å²) in [5.41, 5.74) is 2.40. The van der Waals surface area contributed by atoms with Crippen molar-refractivity contribution in [2.75, 3.05) is 7.11 Å². The molecule has 6 heteroatoms. The lowest BCUT2D eigenvalue weighted by atomic mass is 10.0. The van der Waals surface area contributed by atoms with Gasteiger partial charge in [-0.1, -0.05) is 18.2 Å². The maximum Gasteiger partial charge on any atom is 0.329 e. The molecular formula is C18H21N3O3. The van der Waals surface area contributed by atoms with E-state index in [-0.39, 0.29) is 11.9 Å². The van der Waals surface area contributed by atoms with Crippen molar-refractivity contribution in [1.29, 1.82) is 0 Å². The van der Waals surface area contributed by atoms with Crippen molar-refractivity contribution >= 4 is 11.9 Å². The summed E-state index contributed by atoms with van der Waals surface area (Å²) in [5.74, 6) is -0.586. The molecule has 0 saturated carbocycles. The van der Waals surface area contributed by atoms with E-state index in [9.17, 15) is 9.59 Å². The zero-order chi connectivity index (χ0) is 17.3. The van der Waals surface area contributed by atoms with Crippen molar-refractivity contribution < 1.29 is 14.3 Å². The highest BCUT2D eigenvalue weighted by molar-refractivity contribution is 5.97. The van der Waals surface area contributed by atoms with Crippen LogP contribution in [0.25, 0.3) is 0 Å². The molecule has 0 N–H and O–H groups in total. The zero-order valence-electron chi connectivity index (χ0n) is 14.1. The van der Waals surface area contributed by atoms with Crippen LogP contribution in [0.1, 0.15) is 41.6 Å². The lowest BCUT2D eigenvalue weighted by Gasteiger charge is -2.34. The Balaban J connectivity index is 1.99. The molecule has 1 aliphatic heterocycles. The Morgan fingerprint density at radius 3 is 2.58 bits per heavy atom. The molecule has 0 radical (unpaired) electrons. The molecule has 0 bridgehead atoms. The number of ether oxygens (including phenoxy) is 1. The number of rotatable bonds is 3. The van der Waals surface area contributed by atoms with Gasteiger partial charge in [-0.3, -0.25) is 4.79 Å². The second-order valence-electron chi connectivity index (χ2n) is 6.18. The molecule has 1 amide bonds. The summed E-state index contributed by atoms with van der Waals surface area (Å²) in [7, 11) is 1.34. The van der Waals surface area contributed by atoms with Crippen LogP contribution in [0, 0.1) is 0 Å². The molecule has 0 aliphatic carbocycles. The van der Waals surface area contributed by atoms with E-state index in [2.05, 4.69) is 18.8 Å². The molecule has 1 unspecified atom stereocenters. The monoisotopic (exact) mass is 327 g/mol. The SMILES string of the molecule is COC(=O)C1Cc2ncn(C(C)C)c2CN1C(=O)c1ccccc1. The minimum Gasteiger partial charge on any atom is -0.467 e. The van der Waals surface area contributed by atoms with Crippen LogP contribution in [0.3, 0.4) is 0 Å². The number of carbonyl (C=O) groups is 2. The van der Waals surface area contributed by atoms with Gasteiger partial charge in [0, 0.05) is 18.0 Å². The van der Waals surface area contributed by atoms with Crippen molar-refractivity contribution in [1.82, 2.24) is 14.5 Å². The van der Waals surface area contributed by atoms with Crippen LogP contribution in [0.2, 0.25) is 0 Å². The van der Waals surface area contributed by atoms with Gasteiger partial charge in [-0.05, 0) is 26.0 Å². The summed E-state index contributed by atoms with van der Waals surface area (Å²) in [6.45, 7) is 4.48. The number of methoxy groups -OCH3 is 1. The molecule has 1 aromatic carbocycles. The Labute approximate surface area is 141 Å². The molecule has 1 aliphatic rings. The Bertz CT molecular complexity index is 752. The molecule has 24 heavy (non-hydrogen) atoms. The molecule has 2 aromatic rings. The van der Waals surface area contributed by atoms with Crippen LogP contribution >= 0.6 is 0 Å². The number of amides is 1. The van der Waals surface area contributed by atoms with Gasteiger partial charge >= 0.3 is 5.97 Å². The van der Waals surface area contributed by atoms with Gasteiger partial charge in [0.2, 0.25) is 0 Å². The number of nitrogens with zero attached hydrogens (tertiary/aromatic N) is 3. The van der Waals surface area contributed by atoms with E-state index >= 15 is 0 Å². The summed E-state index contributed by atoms with van der Waals surface area (Å²) in [5, 5.41) is 0. The second kappa shape index (κ2) is 6.47. The van der Waals surface area contributed by atoms with Gasteiger partial charge in [0.15, 0.2) is 0 Å². The first-order valence-electron chi connectivity index (χ1n) is 8.01. The Morgan fingerprint density at radius 2 is 1.96 bits per heavy atom.